The maximum absolute atomic E-state index is 12.5. The van der Waals surface area contributed by atoms with Crippen LogP contribution in [0.4, 0.5) is 0 Å². The van der Waals surface area contributed by atoms with Crippen molar-refractivity contribution in [2.75, 3.05) is 18.1 Å². The van der Waals surface area contributed by atoms with Gasteiger partial charge in [0.2, 0.25) is 5.91 Å². The van der Waals surface area contributed by atoms with E-state index < -0.39 is 0 Å². The summed E-state index contributed by atoms with van der Waals surface area (Å²) < 4.78 is 5.40. The number of furan rings is 1. The molecule has 32 heavy (non-hydrogen) atoms. The zero-order valence-electron chi connectivity index (χ0n) is 17.3. The maximum Gasteiger partial charge on any atom is 0.251 e. The normalized spacial score (nSPS) is 15.8. The minimum absolute atomic E-state index is 0.0750. The molecule has 0 spiro atoms. The van der Waals surface area contributed by atoms with Gasteiger partial charge in [-0.05, 0) is 47.5 Å². The van der Waals surface area contributed by atoms with Crippen LogP contribution >= 0.6 is 35.1 Å². The quantitative estimate of drug-likeness (QED) is 0.412. The number of rotatable bonds is 9. The minimum atomic E-state index is -0.0914. The Labute approximate surface area is 200 Å². The fraction of sp³-hybridized carbons (Fsp3) is 0.250. The van der Waals surface area contributed by atoms with Gasteiger partial charge in [0.1, 0.15) is 11.1 Å². The number of hydrogen-bond acceptors (Lipinski definition) is 5. The topological polar surface area (TPSA) is 62.6 Å². The molecule has 1 atom stereocenters. The zero-order chi connectivity index (χ0) is 22.3. The van der Waals surface area contributed by atoms with Crippen molar-refractivity contribution < 1.29 is 14.0 Å². The molecule has 1 aliphatic rings. The summed E-state index contributed by atoms with van der Waals surface area (Å²) in [6.45, 7) is 1.04. The number of halogens is 1. The van der Waals surface area contributed by atoms with Gasteiger partial charge in [-0.15, -0.1) is 11.8 Å². The second kappa shape index (κ2) is 11.0. The Morgan fingerprint density at radius 3 is 2.66 bits per heavy atom. The number of amides is 2. The fourth-order valence-electron chi connectivity index (χ4n) is 3.38. The summed E-state index contributed by atoms with van der Waals surface area (Å²) in [4.78, 5) is 26.6. The van der Waals surface area contributed by atoms with Crippen molar-refractivity contribution >= 4 is 46.9 Å². The van der Waals surface area contributed by atoms with Gasteiger partial charge in [0, 0.05) is 28.6 Å². The number of nitrogens with one attached hydrogen (secondary N) is 1. The van der Waals surface area contributed by atoms with Gasteiger partial charge < -0.3 is 14.6 Å². The van der Waals surface area contributed by atoms with Crippen LogP contribution in [0.3, 0.4) is 0 Å². The van der Waals surface area contributed by atoms with Crippen LogP contribution in [0.5, 0.6) is 0 Å². The van der Waals surface area contributed by atoms with Crippen molar-refractivity contribution in [3.63, 3.8) is 0 Å². The molecule has 166 valence electrons. The first-order valence-electron chi connectivity index (χ1n) is 10.2. The van der Waals surface area contributed by atoms with E-state index in [2.05, 4.69) is 5.32 Å². The van der Waals surface area contributed by atoms with E-state index in [1.165, 1.54) is 5.56 Å². The van der Waals surface area contributed by atoms with Crippen LogP contribution < -0.4 is 5.32 Å². The molecule has 2 amide bonds. The molecular formula is C24H23ClN2O3S2. The Morgan fingerprint density at radius 2 is 1.94 bits per heavy atom. The number of benzene rings is 2. The average Bonchev–Trinajstić information content (AvgIpc) is 3.45. The zero-order valence-corrected chi connectivity index (χ0v) is 19.7. The van der Waals surface area contributed by atoms with Crippen LogP contribution in [0.15, 0.2) is 71.3 Å². The van der Waals surface area contributed by atoms with E-state index in [9.17, 15) is 9.59 Å². The number of hydrogen-bond donors (Lipinski definition) is 1. The Kier molecular flexibility index (Phi) is 7.84. The lowest BCUT2D eigenvalue weighted by Gasteiger charge is -2.23. The third kappa shape index (κ3) is 5.91. The van der Waals surface area contributed by atoms with Crippen molar-refractivity contribution in [3.05, 3.63) is 94.4 Å². The second-order valence-corrected chi connectivity index (χ2v) is 9.93. The van der Waals surface area contributed by atoms with Gasteiger partial charge in [-0.1, -0.05) is 35.9 Å². The van der Waals surface area contributed by atoms with Crippen LogP contribution in [0.25, 0.3) is 0 Å². The summed E-state index contributed by atoms with van der Waals surface area (Å²) in [6, 6.07) is 19.0. The molecule has 8 heteroatoms. The van der Waals surface area contributed by atoms with Crippen molar-refractivity contribution in [2.24, 2.45) is 0 Å². The number of nitrogens with zero attached hydrogens (tertiary/aromatic N) is 1. The van der Waals surface area contributed by atoms with Gasteiger partial charge in [-0.2, -0.15) is 11.8 Å². The predicted octanol–water partition coefficient (Wildman–Crippen LogP) is 5.37. The smallest absolute Gasteiger partial charge is 0.251 e. The number of carbonyl (C=O) groups is 2. The molecule has 0 unspecified atom stereocenters. The van der Waals surface area contributed by atoms with Crippen molar-refractivity contribution in [1.29, 1.82) is 0 Å². The molecule has 3 aromatic rings. The number of carbonyl (C=O) groups excluding carboxylic acids is 2. The molecule has 2 aromatic carbocycles. The van der Waals surface area contributed by atoms with E-state index in [1.54, 1.807) is 29.8 Å². The molecule has 1 saturated heterocycles. The summed E-state index contributed by atoms with van der Waals surface area (Å²) in [6.07, 6.45) is 1.61. The lowest BCUT2D eigenvalue weighted by atomic mass is 10.1. The molecule has 4 rings (SSSR count). The Balaban J connectivity index is 1.25. The van der Waals surface area contributed by atoms with Crippen molar-refractivity contribution in [1.82, 2.24) is 10.2 Å². The summed E-state index contributed by atoms with van der Waals surface area (Å²) in [5.41, 5.74) is 2.83. The van der Waals surface area contributed by atoms with Crippen LogP contribution in [-0.2, 0) is 17.1 Å². The molecule has 0 saturated carbocycles. The largest absolute Gasteiger partial charge is 0.467 e. The third-order valence-electron chi connectivity index (χ3n) is 5.05. The molecule has 1 fully saturated rings. The highest BCUT2D eigenvalue weighted by Crippen LogP contribution is 2.39. The predicted molar refractivity (Wildman–Crippen MR) is 131 cm³/mol. The molecule has 0 aliphatic carbocycles. The standard InChI is InChI=1S/C24H23ClN2O3S2/c25-20-9-3-17(4-10-20)15-31-13-11-26-23(29)18-5-7-19(8-6-18)24-27(22(28)16-32-24)14-21-2-1-12-30-21/h1-10,12,24H,11,13-16H2,(H,26,29)/t24-/m1/s1. The molecule has 2 heterocycles. The lowest BCUT2D eigenvalue weighted by molar-refractivity contribution is -0.128. The van der Waals surface area contributed by atoms with E-state index in [4.69, 9.17) is 16.0 Å². The highest BCUT2D eigenvalue weighted by molar-refractivity contribution is 8.00. The average molecular weight is 487 g/mol. The van der Waals surface area contributed by atoms with Crippen LogP contribution in [0.1, 0.15) is 32.6 Å². The molecule has 0 radical (unpaired) electrons. The monoisotopic (exact) mass is 486 g/mol. The summed E-state index contributed by atoms with van der Waals surface area (Å²) >= 11 is 9.26. The Morgan fingerprint density at radius 1 is 1.16 bits per heavy atom. The maximum atomic E-state index is 12.5. The fourth-order valence-corrected chi connectivity index (χ4v) is 5.51. The summed E-state index contributed by atoms with van der Waals surface area (Å²) in [5.74, 6) is 2.92. The first kappa shape index (κ1) is 22.8. The highest BCUT2D eigenvalue weighted by Gasteiger charge is 2.33. The van der Waals surface area contributed by atoms with E-state index in [1.807, 2.05) is 65.6 Å². The molecular weight excluding hydrogens is 464 g/mol. The van der Waals surface area contributed by atoms with Crippen LogP contribution in [-0.4, -0.2) is 34.8 Å². The van der Waals surface area contributed by atoms with Crippen LogP contribution in [0, 0.1) is 0 Å². The van der Waals surface area contributed by atoms with E-state index in [-0.39, 0.29) is 17.2 Å². The second-order valence-electron chi connectivity index (χ2n) is 7.32. The van der Waals surface area contributed by atoms with Gasteiger partial charge in [0.15, 0.2) is 0 Å². The number of thioether (sulfide) groups is 2. The molecule has 1 aliphatic heterocycles. The first-order valence-corrected chi connectivity index (χ1v) is 12.8. The lowest BCUT2D eigenvalue weighted by Crippen LogP contribution is -2.28. The van der Waals surface area contributed by atoms with Gasteiger partial charge in [-0.25, -0.2) is 0 Å². The van der Waals surface area contributed by atoms with Gasteiger partial charge in [0.25, 0.3) is 5.91 Å². The van der Waals surface area contributed by atoms with E-state index in [0.29, 0.717) is 24.4 Å². The van der Waals surface area contributed by atoms with Crippen LogP contribution in [0.2, 0.25) is 5.02 Å². The summed E-state index contributed by atoms with van der Waals surface area (Å²) in [7, 11) is 0. The Hall–Kier alpha value is -2.35. The van der Waals surface area contributed by atoms with E-state index in [0.717, 1.165) is 27.9 Å². The first-order chi connectivity index (χ1) is 15.6. The molecule has 5 nitrogen and oxygen atoms in total. The highest BCUT2D eigenvalue weighted by atomic mass is 35.5. The van der Waals surface area contributed by atoms with Gasteiger partial charge >= 0.3 is 0 Å². The van der Waals surface area contributed by atoms with Gasteiger partial charge in [0.05, 0.1) is 18.6 Å². The molecule has 0 bridgehead atoms. The van der Waals surface area contributed by atoms with E-state index >= 15 is 0 Å². The Bertz CT molecular complexity index is 1040. The SMILES string of the molecule is O=C(NCCSCc1ccc(Cl)cc1)c1ccc([C@H]2SCC(=O)N2Cc2ccco2)cc1. The molecule has 1 aromatic heterocycles. The third-order valence-corrected chi connectivity index (χ3v) is 7.58. The van der Waals surface area contributed by atoms with Gasteiger partial charge in [-0.3, -0.25) is 9.59 Å². The summed E-state index contributed by atoms with van der Waals surface area (Å²) in [5, 5.41) is 3.63. The minimum Gasteiger partial charge on any atom is -0.467 e. The van der Waals surface area contributed by atoms with Crippen molar-refractivity contribution in [2.45, 2.75) is 17.7 Å². The molecule has 1 N–H and O–H groups in total. The van der Waals surface area contributed by atoms with Crippen molar-refractivity contribution in [3.8, 4) is 0 Å².